The summed E-state index contributed by atoms with van der Waals surface area (Å²) in [5, 5.41) is 2.96. The molecule has 2 aromatic rings. The second-order valence-corrected chi connectivity index (χ2v) is 6.35. The third-order valence-electron chi connectivity index (χ3n) is 3.71. The summed E-state index contributed by atoms with van der Waals surface area (Å²) >= 11 is 3.54. The van der Waals surface area contributed by atoms with Crippen molar-refractivity contribution in [3.05, 3.63) is 64.1 Å². The minimum atomic E-state index is -0.164. The number of rotatable bonds is 4. The van der Waals surface area contributed by atoms with Crippen LogP contribution < -0.4 is 14.8 Å². The van der Waals surface area contributed by atoms with Gasteiger partial charge in [0.05, 0.1) is 6.04 Å². The fourth-order valence-corrected chi connectivity index (χ4v) is 3.15. The maximum Gasteiger partial charge on any atom is 0.244 e. The molecule has 0 radical (unpaired) electrons. The normalized spacial score (nSPS) is 14.4. The Morgan fingerprint density at radius 1 is 1.17 bits per heavy atom. The number of amides is 1. The molecule has 1 N–H and O–H groups in total. The lowest BCUT2D eigenvalue weighted by Gasteiger charge is -2.22. The van der Waals surface area contributed by atoms with Crippen LogP contribution >= 0.6 is 15.9 Å². The average molecular weight is 388 g/mol. The van der Waals surface area contributed by atoms with Crippen molar-refractivity contribution in [1.29, 1.82) is 0 Å². The van der Waals surface area contributed by atoms with Crippen LogP contribution in [0.2, 0.25) is 0 Å². The van der Waals surface area contributed by atoms with Crippen molar-refractivity contribution < 1.29 is 14.3 Å². The molecular formula is C19H18BrNO3. The molecule has 3 rings (SSSR count). The molecule has 124 valence electrons. The number of nitrogens with one attached hydrogen (secondary N) is 1. The summed E-state index contributed by atoms with van der Waals surface area (Å²) in [6.45, 7) is 3.02. The molecule has 4 nitrogen and oxygen atoms in total. The van der Waals surface area contributed by atoms with E-state index in [0.29, 0.717) is 19.0 Å². The highest BCUT2D eigenvalue weighted by molar-refractivity contribution is 9.10. The lowest BCUT2D eigenvalue weighted by atomic mass is 10.1. The molecule has 1 aliphatic rings. The van der Waals surface area contributed by atoms with E-state index in [4.69, 9.17) is 9.47 Å². The Bertz CT molecular complexity index is 759. The van der Waals surface area contributed by atoms with Gasteiger partial charge in [0.25, 0.3) is 0 Å². The Hall–Kier alpha value is -2.27. The summed E-state index contributed by atoms with van der Waals surface area (Å²) in [6.07, 6.45) is 3.33. The Balaban J connectivity index is 1.69. The molecule has 1 amide bonds. The molecule has 2 aromatic carbocycles. The van der Waals surface area contributed by atoms with Crippen molar-refractivity contribution in [2.45, 2.75) is 13.0 Å². The van der Waals surface area contributed by atoms with Gasteiger partial charge >= 0.3 is 0 Å². The molecule has 5 heteroatoms. The van der Waals surface area contributed by atoms with Crippen molar-refractivity contribution in [2.24, 2.45) is 0 Å². The second-order valence-electron chi connectivity index (χ2n) is 5.49. The van der Waals surface area contributed by atoms with Gasteiger partial charge in [0.1, 0.15) is 13.2 Å². The quantitative estimate of drug-likeness (QED) is 0.802. The van der Waals surface area contributed by atoms with E-state index in [1.54, 1.807) is 6.08 Å². The maximum absolute atomic E-state index is 12.1. The van der Waals surface area contributed by atoms with E-state index >= 15 is 0 Å². The molecular weight excluding hydrogens is 370 g/mol. The first kappa shape index (κ1) is 16.6. The van der Waals surface area contributed by atoms with Crippen LogP contribution in [0.5, 0.6) is 11.5 Å². The van der Waals surface area contributed by atoms with Crippen LogP contribution in [-0.2, 0) is 4.79 Å². The number of hydrogen-bond donors (Lipinski definition) is 1. The fourth-order valence-electron chi connectivity index (χ4n) is 2.49. The molecule has 1 heterocycles. The van der Waals surface area contributed by atoms with E-state index in [2.05, 4.69) is 21.2 Å². The minimum Gasteiger partial charge on any atom is -0.486 e. The van der Waals surface area contributed by atoms with Crippen LogP contribution in [0.15, 0.2) is 53.0 Å². The van der Waals surface area contributed by atoms with Gasteiger partial charge in [-0.15, -0.1) is 0 Å². The number of carbonyl (C=O) groups is 1. The van der Waals surface area contributed by atoms with Crippen molar-refractivity contribution in [2.75, 3.05) is 13.2 Å². The van der Waals surface area contributed by atoms with Gasteiger partial charge < -0.3 is 14.8 Å². The number of carbonyl (C=O) groups excluding carboxylic acids is 1. The molecule has 0 saturated heterocycles. The molecule has 0 bridgehead atoms. The zero-order valence-corrected chi connectivity index (χ0v) is 14.9. The van der Waals surface area contributed by atoms with Crippen LogP contribution in [0.1, 0.15) is 24.1 Å². The minimum absolute atomic E-state index is 0.145. The third-order valence-corrected chi connectivity index (χ3v) is 4.40. The van der Waals surface area contributed by atoms with Crippen LogP contribution in [0.4, 0.5) is 0 Å². The van der Waals surface area contributed by atoms with Gasteiger partial charge in [-0.25, -0.2) is 0 Å². The maximum atomic E-state index is 12.1. The van der Waals surface area contributed by atoms with Crippen molar-refractivity contribution in [3.63, 3.8) is 0 Å². The van der Waals surface area contributed by atoms with Crippen molar-refractivity contribution in [1.82, 2.24) is 5.32 Å². The molecule has 0 aromatic heterocycles. The van der Waals surface area contributed by atoms with Gasteiger partial charge in [0.15, 0.2) is 11.5 Å². The highest BCUT2D eigenvalue weighted by Gasteiger charge is 2.18. The van der Waals surface area contributed by atoms with Gasteiger partial charge in [0.2, 0.25) is 5.91 Å². The van der Waals surface area contributed by atoms with Gasteiger partial charge in [0, 0.05) is 10.5 Å². The van der Waals surface area contributed by atoms with Gasteiger partial charge in [-0.3, -0.25) is 4.79 Å². The lowest BCUT2D eigenvalue weighted by Crippen LogP contribution is -2.25. The SMILES string of the molecule is CC(NC(=O)/C=C/c1ccccc1)c1cc2c(cc1Br)OCCO2. The molecule has 0 spiro atoms. The number of fused-ring (bicyclic) bond motifs is 1. The Kier molecular flexibility index (Phi) is 5.20. The molecule has 0 aliphatic carbocycles. The predicted octanol–water partition coefficient (Wildman–Crippen LogP) is 4.11. The third kappa shape index (κ3) is 3.97. The largest absolute Gasteiger partial charge is 0.486 e. The van der Waals surface area contributed by atoms with E-state index in [9.17, 15) is 4.79 Å². The Morgan fingerprint density at radius 2 is 1.83 bits per heavy atom. The van der Waals surface area contributed by atoms with E-state index < -0.39 is 0 Å². The van der Waals surface area contributed by atoms with E-state index in [0.717, 1.165) is 21.3 Å². The van der Waals surface area contributed by atoms with Crippen LogP contribution in [-0.4, -0.2) is 19.1 Å². The molecule has 24 heavy (non-hydrogen) atoms. The predicted molar refractivity (Wildman–Crippen MR) is 97.2 cm³/mol. The van der Waals surface area contributed by atoms with E-state index in [-0.39, 0.29) is 11.9 Å². The zero-order chi connectivity index (χ0) is 16.9. The highest BCUT2D eigenvalue weighted by Crippen LogP contribution is 2.37. The summed E-state index contributed by atoms with van der Waals surface area (Å²) in [7, 11) is 0. The molecule has 1 atom stereocenters. The number of halogens is 1. The summed E-state index contributed by atoms with van der Waals surface area (Å²) in [5.41, 5.74) is 1.93. The first-order valence-electron chi connectivity index (χ1n) is 7.76. The highest BCUT2D eigenvalue weighted by atomic mass is 79.9. The first-order chi connectivity index (χ1) is 11.6. The van der Waals surface area contributed by atoms with Gasteiger partial charge in [-0.2, -0.15) is 0 Å². The molecule has 1 unspecified atom stereocenters. The summed E-state index contributed by atoms with van der Waals surface area (Å²) in [4.78, 5) is 12.1. The second kappa shape index (κ2) is 7.53. The summed E-state index contributed by atoms with van der Waals surface area (Å²) < 4.78 is 12.0. The van der Waals surface area contributed by atoms with Crippen LogP contribution in [0, 0.1) is 0 Å². The summed E-state index contributed by atoms with van der Waals surface area (Å²) in [5.74, 6) is 1.29. The Morgan fingerprint density at radius 3 is 2.54 bits per heavy atom. The monoisotopic (exact) mass is 387 g/mol. The first-order valence-corrected chi connectivity index (χ1v) is 8.55. The van der Waals surface area contributed by atoms with Crippen LogP contribution in [0.25, 0.3) is 6.08 Å². The number of ether oxygens (including phenoxy) is 2. The summed E-state index contributed by atoms with van der Waals surface area (Å²) in [6, 6.07) is 13.3. The van der Waals surface area contributed by atoms with Crippen molar-refractivity contribution in [3.8, 4) is 11.5 Å². The fraction of sp³-hybridized carbons (Fsp3) is 0.211. The number of hydrogen-bond acceptors (Lipinski definition) is 3. The van der Waals surface area contributed by atoms with E-state index in [1.165, 1.54) is 6.08 Å². The molecule has 0 fully saturated rings. The average Bonchev–Trinajstić information content (AvgIpc) is 2.60. The standard InChI is InChI=1S/C19H18BrNO3/c1-13(21-19(22)8-7-14-5-3-2-4-6-14)15-11-17-18(12-16(15)20)24-10-9-23-17/h2-8,11-13H,9-10H2,1H3,(H,21,22)/b8-7+. The topological polar surface area (TPSA) is 47.6 Å². The van der Waals surface area contributed by atoms with Gasteiger partial charge in [-0.1, -0.05) is 46.3 Å². The zero-order valence-electron chi connectivity index (χ0n) is 13.3. The van der Waals surface area contributed by atoms with Crippen molar-refractivity contribution >= 4 is 27.9 Å². The number of benzene rings is 2. The Labute approximate surface area is 149 Å². The van der Waals surface area contributed by atoms with E-state index in [1.807, 2.05) is 49.4 Å². The van der Waals surface area contributed by atoms with Gasteiger partial charge in [-0.05, 0) is 36.3 Å². The molecule has 0 saturated carbocycles. The van der Waals surface area contributed by atoms with Crippen LogP contribution in [0.3, 0.4) is 0 Å². The lowest BCUT2D eigenvalue weighted by molar-refractivity contribution is -0.117. The molecule has 1 aliphatic heterocycles. The smallest absolute Gasteiger partial charge is 0.244 e.